The lowest BCUT2D eigenvalue weighted by Gasteiger charge is -2.31. The van der Waals surface area contributed by atoms with Crippen LogP contribution in [0.2, 0.25) is 0 Å². The maximum atomic E-state index is 12.0. The van der Waals surface area contributed by atoms with Crippen molar-refractivity contribution in [3.8, 4) is 0 Å². The minimum Gasteiger partial charge on any atom is -0.481 e. The van der Waals surface area contributed by atoms with Crippen LogP contribution in [0.25, 0.3) is 0 Å². The molecule has 0 aliphatic carbocycles. The monoisotopic (exact) mass is 286 g/mol. The van der Waals surface area contributed by atoms with E-state index in [1.807, 2.05) is 0 Å². The van der Waals surface area contributed by atoms with E-state index in [4.69, 9.17) is 10.2 Å². The van der Waals surface area contributed by atoms with Gasteiger partial charge in [0, 0.05) is 19.5 Å². The van der Waals surface area contributed by atoms with Crippen LogP contribution >= 0.6 is 0 Å². The van der Waals surface area contributed by atoms with Gasteiger partial charge in [0.15, 0.2) is 0 Å². The van der Waals surface area contributed by atoms with Crippen molar-refractivity contribution in [2.75, 3.05) is 13.1 Å². The highest BCUT2D eigenvalue weighted by Crippen LogP contribution is 2.15. The Bertz CT molecular complexity index is 372. The van der Waals surface area contributed by atoms with Crippen LogP contribution in [-0.2, 0) is 9.59 Å². The second-order valence-corrected chi connectivity index (χ2v) is 5.32. The first kappa shape index (κ1) is 16.3. The molecule has 7 nitrogen and oxygen atoms in total. The van der Waals surface area contributed by atoms with Gasteiger partial charge >= 0.3 is 18.0 Å². The number of nitrogens with zero attached hydrogens (tertiary/aromatic N) is 1. The molecule has 1 aliphatic rings. The minimum atomic E-state index is -1.13. The van der Waals surface area contributed by atoms with E-state index in [2.05, 4.69) is 12.2 Å². The van der Waals surface area contributed by atoms with Gasteiger partial charge in [0.25, 0.3) is 0 Å². The third kappa shape index (κ3) is 5.46. The van der Waals surface area contributed by atoms with Crippen molar-refractivity contribution < 1.29 is 24.6 Å². The molecule has 0 aromatic carbocycles. The van der Waals surface area contributed by atoms with Crippen molar-refractivity contribution in [3.63, 3.8) is 0 Å². The van der Waals surface area contributed by atoms with Crippen LogP contribution in [0.3, 0.4) is 0 Å². The second-order valence-electron chi connectivity index (χ2n) is 5.32. The van der Waals surface area contributed by atoms with E-state index >= 15 is 0 Å². The predicted molar refractivity (Wildman–Crippen MR) is 71.4 cm³/mol. The molecule has 0 spiro atoms. The van der Waals surface area contributed by atoms with Gasteiger partial charge in [-0.1, -0.05) is 6.92 Å². The normalized spacial score (nSPS) is 20.2. The summed E-state index contributed by atoms with van der Waals surface area (Å²) in [5, 5.41) is 20.1. The highest BCUT2D eigenvalue weighted by Gasteiger charge is 2.25. The number of urea groups is 1. The van der Waals surface area contributed by atoms with Gasteiger partial charge < -0.3 is 20.4 Å². The van der Waals surface area contributed by atoms with Crippen molar-refractivity contribution in [2.24, 2.45) is 5.92 Å². The summed E-state index contributed by atoms with van der Waals surface area (Å²) in [5.41, 5.74) is 0. The first-order chi connectivity index (χ1) is 9.40. The van der Waals surface area contributed by atoms with Crippen LogP contribution in [0.1, 0.15) is 39.0 Å². The molecule has 0 radical (unpaired) electrons. The Hall–Kier alpha value is -1.79. The molecule has 0 aromatic rings. The molecule has 0 aromatic heterocycles. The molecule has 1 fully saturated rings. The van der Waals surface area contributed by atoms with Crippen molar-refractivity contribution in [1.82, 2.24) is 10.2 Å². The number of rotatable bonds is 6. The van der Waals surface area contributed by atoms with Crippen molar-refractivity contribution in [1.29, 1.82) is 0 Å². The molecule has 20 heavy (non-hydrogen) atoms. The molecule has 1 heterocycles. The maximum absolute atomic E-state index is 12.0. The fourth-order valence-corrected chi connectivity index (χ4v) is 2.33. The van der Waals surface area contributed by atoms with E-state index in [-0.39, 0.29) is 25.3 Å². The quantitative estimate of drug-likeness (QED) is 0.678. The summed E-state index contributed by atoms with van der Waals surface area (Å²) >= 11 is 0. The SMILES string of the molecule is CC1CCCN(C(=O)N[C@H](CCCC(=O)O)C(=O)O)C1. The average Bonchev–Trinajstić information content (AvgIpc) is 2.36. The molecule has 1 aliphatic heterocycles. The van der Waals surface area contributed by atoms with E-state index in [9.17, 15) is 14.4 Å². The molecule has 2 atom stereocenters. The number of aliphatic carboxylic acids is 2. The van der Waals surface area contributed by atoms with Crippen LogP contribution in [0.4, 0.5) is 4.79 Å². The Morgan fingerprint density at radius 1 is 1.35 bits per heavy atom. The first-order valence-electron chi connectivity index (χ1n) is 6.90. The van der Waals surface area contributed by atoms with Crippen LogP contribution in [0.5, 0.6) is 0 Å². The number of carboxylic acid groups (broad SMARTS) is 2. The topological polar surface area (TPSA) is 107 Å². The van der Waals surface area contributed by atoms with E-state index in [0.29, 0.717) is 19.0 Å². The fourth-order valence-electron chi connectivity index (χ4n) is 2.33. The summed E-state index contributed by atoms with van der Waals surface area (Å²) in [4.78, 5) is 35.1. The Balaban J connectivity index is 2.45. The third-order valence-electron chi connectivity index (χ3n) is 3.42. The lowest BCUT2D eigenvalue weighted by molar-refractivity contribution is -0.140. The van der Waals surface area contributed by atoms with E-state index in [1.165, 1.54) is 0 Å². The van der Waals surface area contributed by atoms with Gasteiger partial charge in [-0.3, -0.25) is 4.79 Å². The zero-order valence-electron chi connectivity index (χ0n) is 11.7. The molecule has 0 saturated carbocycles. The molecule has 2 amide bonds. The average molecular weight is 286 g/mol. The summed E-state index contributed by atoms with van der Waals surface area (Å²) in [5.74, 6) is -1.68. The van der Waals surface area contributed by atoms with Gasteiger partial charge in [-0.05, 0) is 31.6 Å². The highest BCUT2D eigenvalue weighted by molar-refractivity contribution is 5.82. The highest BCUT2D eigenvalue weighted by atomic mass is 16.4. The molecule has 3 N–H and O–H groups in total. The Morgan fingerprint density at radius 3 is 2.60 bits per heavy atom. The molecule has 1 rings (SSSR count). The fraction of sp³-hybridized carbons (Fsp3) is 0.769. The van der Waals surface area contributed by atoms with E-state index in [1.54, 1.807) is 4.90 Å². The predicted octanol–water partition coefficient (Wildman–Crippen LogP) is 1.14. The van der Waals surface area contributed by atoms with Gasteiger partial charge in [0.05, 0.1) is 0 Å². The molecule has 114 valence electrons. The molecule has 1 unspecified atom stereocenters. The number of amides is 2. The number of nitrogens with one attached hydrogen (secondary N) is 1. The number of carbonyl (C=O) groups excluding carboxylic acids is 1. The lowest BCUT2D eigenvalue weighted by atomic mass is 10.0. The van der Waals surface area contributed by atoms with Crippen LogP contribution in [0, 0.1) is 5.92 Å². The zero-order chi connectivity index (χ0) is 15.1. The summed E-state index contributed by atoms with van der Waals surface area (Å²) in [6, 6.07) is -1.40. The molecular weight excluding hydrogens is 264 g/mol. The summed E-state index contributed by atoms with van der Waals surface area (Å²) < 4.78 is 0. The van der Waals surface area contributed by atoms with Gasteiger partial charge in [-0.2, -0.15) is 0 Å². The number of carboxylic acids is 2. The molecule has 7 heteroatoms. The summed E-state index contributed by atoms with van der Waals surface area (Å²) in [6.07, 6.45) is 2.25. The number of carbonyl (C=O) groups is 3. The van der Waals surface area contributed by atoms with Gasteiger partial charge in [-0.15, -0.1) is 0 Å². The number of piperidine rings is 1. The largest absolute Gasteiger partial charge is 0.481 e. The lowest BCUT2D eigenvalue weighted by Crippen LogP contribution is -2.50. The Labute approximate surface area is 117 Å². The minimum absolute atomic E-state index is 0.0968. The Kier molecular flexibility index (Phi) is 6.27. The zero-order valence-corrected chi connectivity index (χ0v) is 11.7. The van der Waals surface area contributed by atoms with Gasteiger partial charge in [0.1, 0.15) is 6.04 Å². The third-order valence-corrected chi connectivity index (χ3v) is 3.42. The van der Waals surface area contributed by atoms with Crippen LogP contribution in [-0.4, -0.2) is 52.2 Å². The standard InChI is InChI=1S/C13H22N2O5/c1-9-4-3-7-15(8-9)13(20)14-10(12(18)19)5-2-6-11(16)17/h9-10H,2-8H2,1H3,(H,14,20)(H,16,17)(H,18,19)/t9?,10-/m1/s1. The van der Waals surface area contributed by atoms with E-state index < -0.39 is 18.0 Å². The number of hydrogen-bond acceptors (Lipinski definition) is 3. The van der Waals surface area contributed by atoms with Crippen LogP contribution < -0.4 is 5.32 Å². The maximum Gasteiger partial charge on any atom is 0.326 e. The molecular formula is C13H22N2O5. The van der Waals surface area contributed by atoms with Crippen molar-refractivity contribution >= 4 is 18.0 Å². The number of hydrogen-bond donors (Lipinski definition) is 3. The summed E-state index contributed by atoms with van der Waals surface area (Å²) in [6.45, 7) is 3.33. The second kappa shape index (κ2) is 7.72. The van der Waals surface area contributed by atoms with Gasteiger partial charge in [0.2, 0.25) is 0 Å². The van der Waals surface area contributed by atoms with Crippen molar-refractivity contribution in [2.45, 2.75) is 45.1 Å². The van der Waals surface area contributed by atoms with Gasteiger partial charge in [-0.25, -0.2) is 9.59 Å². The van der Waals surface area contributed by atoms with E-state index in [0.717, 1.165) is 12.8 Å². The van der Waals surface area contributed by atoms with Crippen LogP contribution in [0.15, 0.2) is 0 Å². The smallest absolute Gasteiger partial charge is 0.326 e. The Morgan fingerprint density at radius 2 is 2.05 bits per heavy atom. The van der Waals surface area contributed by atoms with Crippen molar-refractivity contribution in [3.05, 3.63) is 0 Å². The summed E-state index contributed by atoms with van der Waals surface area (Å²) in [7, 11) is 0. The molecule has 1 saturated heterocycles. The first-order valence-corrected chi connectivity index (χ1v) is 6.90. The molecule has 0 bridgehead atoms. The number of likely N-dealkylation sites (tertiary alicyclic amines) is 1.